The van der Waals surface area contributed by atoms with Gasteiger partial charge in [-0.05, 0) is 88.5 Å². The van der Waals surface area contributed by atoms with E-state index < -0.39 is 0 Å². The summed E-state index contributed by atoms with van der Waals surface area (Å²) in [7, 11) is 0. The molecule has 9 aromatic carbocycles. The molecule has 1 aliphatic carbocycles. The average Bonchev–Trinajstić information content (AvgIpc) is 3.51. The highest BCUT2D eigenvalue weighted by molar-refractivity contribution is 6.13. The van der Waals surface area contributed by atoms with Crippen LogP contribution in [0.5, 0.6) is 0 Å². The molecule has 0 spiro atoms. The van der Waals surface area contributed by atoms with Gasteiger partial charge in [0.1, 0.15) is 0 Å². The third kappa shape index (κ3) is 5.89. The lowest BCUT2D eigenvalue weighted by Gasteiger charge is -2.21. The van der Waals surface area contributed by atoms with Crippen LogP contribution in [0.15, 0.2) is 199 Å². The lowest BCUT2D eigenvalue weighted by atomic mass is 9.81. The van der Waals surface area contributed by atoms with Gasteiger partial charge in [0.05, 0.1) is 11.4 Å². The Kier molecular flexibility index (Phi) is 8.34. The van der Waals surface area contributed by atoms with Crippen LogP contribution in [-0.4, -0.2) is 11.9 Å². The van der Waals surface area contributed by atoms with Crippen LogP contribution in [0, 0.1) is 5.41 Å². The SMILES string of the molecule is CC1(C)c2cccc(-c3ccc(-c4ccc(C=N/C(=C\C(=N)c5ccccc5)c5cccc6ccccc56)c5ccccc45)cc3)c2-c2c1ccc1ccccc21. The van der Waals surface area contributed by atoms with Crippen LogP contribution < -0.4 is 0 Å². The molecule has 57 heavy (non-hydrogen) atoms. The normalized spacial score (nSPS) is 13.3. The van der Waals surface area contributed by atoms with Gasteiger partial charge in [0.2, 0.25) is 0 Å². The van der Waals surface area contributed by atoms with Crippen molar-refractivity contribution in [1.29, 1.82) is 5.41 Å². The first-order valence-electron chi connectivity index (χ1n) is 19.6. The lowest BCUT2D eigenvalue weighted by Crippen LogP contribution is -2.14. The van der Waals surface area contributed by atoms with Crippen LogP contribution in [0.4, 0.5) is 0 Å². The Morgan fingerprint density at radius 1 is 0.474 bits per heavy atom. The van der Waals surface area contributed by atoms with Gasteiger partial charge in [0.15, 0.2) is 0 Å². The van der Waals surface area contributed by atoms with E-state index >= 15 is 0 Å². The van der Waals surface area contributed by atoms with Gasteiger partial charge in [-0.2, -0.15) is 0 Å². The van der Waals surface area contributed by atoms with E-state index in [9.17, 15) is 0 Å². The first-order chi connectivity index (χ1) is 28.0. The van der Waals surface area contributed by atoms with Crippen LogP contribution >= 0.6 is 0 Å². The second-order valence-corrected chi connectivity index (χ2v) is 15.5. The second kappa shape index (κ2) is 13.8. The number of nitrogens with one attached hydrogen (secondary N) is 1. The Bertz CT molecular complexity index is 3090. The van der Waals surface area contributed by atoms with E-state index in [1.165, 1.54) is 60.7 Å². The fraction of sp³-hybridized carbons (Fsp3) is 0.0545. The Morgan fingerprint density at radius 2 is 1.07 bits per heavy atom. The van der Waals surface area contributed by atoms with Crippen molar-refractivity contribution in [1.82, 2.24) is 0 Å². The molecule has 0 saturated heterocycles. The summed E-state index contributed by atoms with van der Waals surface area (Å²) in [5.74, 6) is 0. The van der Waals surface area contributed by atoms with Crippen molar-refractivity contribution in [3.05, 3.63) is 222 Å². The third-order valence-corrected chi connectivity index (χ3v) is 11.8. The van der Waals surface area contributed by atoms with Crippen molar-refractivity contribution in [2.24, 2.45) is 4.99 Å². The van der Waals surface area contributed by atoms with E-state index in [0.29, 0.717) is 5.71 Å². The highest BCUT2D eigenvalue weighted by atomic mass is 14.7. The molecule has 1 N–H and O–H groups in total. The maximum Gasteiger partial charge on any atom is 0.0729 e. The third-order valence-electron chi connectivity index (χ3n) is 11.8. The van der Waals surface area contributed by atoms with Crippen LogP contribution in [0.2, 0.25) is 0 Å². The molecule has 1 aliphatic rings. The Balaban J connectivity index is 1.04. The number of rotatable bonds is 7. The van der Waals surface area contributed by atoms with Crippen LogP contribution in [0.1, 0.15) is 41.7 Å². The molecule has 0 fully saturated rings. The van der Waals surface area contributed by atoms with Crippen molar-refractivity contribution in [3.63, 3.8) is 0 Å². The van der Waals surface area contributed by atoms with E-state index in [4.69, 9.17) is 10.4 Å². The summed E-state index contributed by atoms with van der Waals surface area (Å²) < 4.78 is 0. The molecule has 9 aromatic rings. The zero-order valence-electron chi connectivity index (χ0n) is 32.0. The smallest absolute Gasteiger partial charge is 0.0729 e. The molecule has 0 unspecified atom stereocenters. The molecular weight excluding hydrogens is 689 g/mol. The minimum atomic E-state index is -0.0797. The van der Waals surface area contributed by atoms with Crippen LogP contribution in [-0.2, 0) is 5.41 Å². The molecular formula is C55H40N2. The molecule has 10 rings (SSSR count). The largest absolute Gasteiger partial charge is 0.300 e. The minimum Gasteiger partial charge on any atom is -0.300 e. The van der Waals surface area contributed by atoms with Crippen LogP contribution in [0.25, 0.3) is 71.4 Å². The molecule has 0 aliphatic heterocycles. The van der Waals surface area contributed by atoms with Crippen molar-refractivity contribution in [2.45, 2.75) is 19.3 Å². The van der Waals surface area contributed by atoms with Gasteiger partial charge in [-0.15, -0.1) is 0 Å². The monoisotopic (exact) mass is 728 g/mol. The number of nitrogens with zero attached hydrogens (tertiary/aromatic N) is 1. The van der Waals surface area contributed by atoms with Crippen LogP contribution in [0.3, 0.4) is 0 Å². The highest BCUT2D eigenvalue weighted by Gasteiger charge is 2.37. The summed E-state index contributed by atoms with van der Waals surface area (Å²) in [4.78, 5) is 5.15. The summed E-state index contributed by atoms with van der Waals surface area (Å²) in [6, 6.07) is 66.8. The molecule has 0 radical (unpaired) electrons. The summed E-state index contributed by atoms with van der Waals surface area (Å²) in [6.45, 7) is 4.71. The molecule has 0 bridgehead atoms. The summed E-state index contributed by atoms with van der Waals surface area (Å²) in [5, 5.41) is 16.1. The quantitative estimate of drug-likeness (QED) is 0.159. The summed E-state index contributed by atoms with van der Waals surface area (Å²) >= 11 is 0. The average molecular weight is 729 g/mol. The van der Waals surface area contributed by atoms with Gasteiger partial charge in [0, 0.05) is 22.8 Å². The standard InChI is InChI=1S/C55H40N2/c1-55(2)49-25-13-23-46(53(49)54-45-21-9-7-15-37(45)31-33-50(54)55)39-28-26-38(27-29-39)44-32-30-41(43-20-10-11-22-47(43)44)35-57-52(34-51(56)40-16-4-3-5-17-40)48-24-12-18-36-14-6-8-19-42(36)48/h3-35,56H,1-2H3/b52-34-,56-51?,57-35?. The topological polar surface area (TPSA) is 36.2 Å². The summed E-state index contributed by atoms with van der Waals surface area (Å²) in [5.41, 5.74) is 14.3. The van der Waals surface area contributed by atoms with E-state index in [0.717, 1.165) is 38.5 Å². The molecule has 0 atom stereocenters. The fourth-order valence-electron chi connectivity index (χ4n) is 8.92. The van der Waals surface area contributed by atoms with Crippen molar-refractivity contribution in [3.8, 4) is 33.4 Å². The number of fused-ring (bicyclic) bond motifs is 7. The lowest BCUT2D eigenvalue weighted by molar-refractivity contribution is 0.661. The Morgan fingerprint density at radius 3 is 1.84 bits per heavy atom. The first kappa shape index (κ1) is 34.3. The highest BCUT2D eigenvalue weighted by Crippen LogP contribution is 2.54. The fourth-order valence-corrected chi connectivity index (χ4v) is 8.92. The molecule has 270 valence electrons. The Labute approximate surface area is 333 Å². The predicted octanol–water partition coefficient (Wildman–Crippen LogP) is 14.3. The van der Waals surface area contributed by atoms with E-state index in [-0.39, 0.29) is 5.41 Å². The van der Waals surface area contributed by atoms with E-state index in [1.807, 2.05) is 42.6 Å². The number of benzene rings is 9. The number of allylic oxidation sites excluding steroid dienone is 1. The molecule has 0 saturated carbocycles. The number of aliphatic imine (C=N–C) groups is 1. The van der Waals surface area contributed by atoms with Gasteiger partial charge in [-0.25, -0.2) is 0 Å². The molecule has 2 heteroatoms. The second-order valence-electron chi connectivity index (χ2n) is 15.5. The van der Waals surface area contributed by atoms with Crippen molar-refractivity contribution >= 4 is 49.9 Å². The van der Waals surface area contributed by atoms with Gasteiger partial charge in [-0.3, -0.25) is 4.99 Å². The zero-order valence-corrected chi connectivity index (χ0v) is 32.0. The van der Waals surface area contributed by atoms with Crippen molar-refractivity contribution < 1.29 is 0 Å². The van der Waals surface area contributed by atoms with Gasteiger partial charge < -0.3 is 5.41 Å². The first-order valence-corrected chi connectivity index (χ1v) is 19.6. The maximum atomic E-state index is 8.99. The predicted molar refractivity (Wildman–Crippen MR) is 243 cm³/mol. The molecule has 0 heterocycles. The molecule has 2 nitrogen and oxygen atoms in total. The Hall–Kier alpha value is -7.16. The summed E-state index contributed by atoms with van der Waals surface area (Å²) in [6.07, 6.45) is 3.84. The molecule has 0 amide bonds. The minimum absolute atomic E-state index is 0.0797. The van der Waals surface area contributed by atoms with E-state index in [2.05, 4.69) is 172 Å². The van der Waals surface area contributed by atoms with Gasteiger partial charge >= 0.3 is 0 Å². The number of hydrogen-bond donors (Lipinski definition) is 1. The zero-order chi connectivity index (χ0) is 38.5. The van der Waals surface area contributed by atoms with E-state index in [1.54, 1.807) is 0 Å². The molecule has 0 aromatic heterocycles. The van der Waals surface area contributed by atoms with Gasteiger partial charge in [-0.1, -0.05) is 202 Å². The maximum absolute atomic E-state index is 8.99. The number of hydrogen-bond acceptors (Lipinski definition) is 2. The van der Waals surface area contributed by atoms with Crippen molar-refractivity contribution in [2.75, 3.05) is 0 Å². The van der Waals surface area contributed by atoms with Gasteiger partial charge in [0.25, 0.3) is 0 Å².